The van der Waals surface area contributed by atoms with Gasteiger partial charge in [0.15, 0.2) is 11.6 Å². The number of rotatable bonds is 3. The molecule has 2 aromatic rings. The van der Waals surface area contributed by atoms with Crippen molar-refractivity contribution < 1.29 is 13.9 Å². The summed E-state index contributed by atoms with van der Waals surface area (Å²) in [6, 6.07) is 11.4. The van der Waals surface area contributed by atoms with Gasteiger partial charge in [0.25, 0.3) is 0 Å². The van der Waals surface area contributed by atoms with Crippen molar-refractivity contribution in [1.29, 1.82) is 0 Å². The van der Waals surface area contributed by atoms with Gasteiger partial charge in [0.1, 0.15) is 6.10 Å². The van der Waals surface area contributed by atoms with Crippen LogP contribution in [0, 0.1) is 11.6 Å². The normalized spacial score (nSPS) is 16.8. The maximum atomic E-state index is 13.7. The Bertz CT molecular complexity index is 620. The molecule has 0 radical (unpaired) electrons. The fourth-order valence-electron chi connectivity index (χ4n) is 2.64. The molecule has 104 valence electrons. The highest BCUT2D eigenvalue weighted by Gasteiger charge is 2.22. The molecule has 0 amide bonds. The maximum absolute atomic E-state index is 13.7. The van der Waals surface area contributed by atoms with E-state index >= 15 is 0 Å². The lowest BCUT2D eigenvalue weighted by molar-refractivity contribution is 0.213. The van der Waals surface area contributed by atoms with Crippen LogP contribution in [0.3, 0.4) is 0 Å². The minimum absolute atomic E-state index is 0.0178. The lowest BCUT2D eigenvalue weighted by Gasteiger charge is -2.26. The largest absolute Gasteiger partial charge is 0.384 e. The van der Waals surface area contributed by atoms with Crippen LogP contribution in [0.2, 0.25) is 0 Å². The Morgan fingerprint density at radius 2 is 1.80 bits per heavy atom. The van der Waals surface area contributed by atoms with Gasteiger partial charge in [0.2, 0.25) is 0 Å². The molecule has 0 spiro atoms. The monoisotopic (exact) mass is 274 g/mol. The Morgan fingerprint density at radius 3 is 2.50 bits per heavy atom. The van der Waals surface area contributed by atoms with Crippen LogP contribution in [0.1, 0.15) is 48.0 Å². The standard InChI is InChI=1S/C17H16F2O/c18-15-9-3-8-14(16(15)19)17(20)13-7-2-6-12(10-13)11-4-1-5-11/h2-3,6-11,17,20H,1,4-5H2. The first-order valence-corrected chi connectivity index (χ1v) is 6.88. The molecule has 0 heterocycles. The van der Waals surface area contributed by atoms with Crippen LogP contribution < -0.4 is 0 Å². The summed E-state index contributed by atoms with van der Waals surface area (Å²) in [5.74, 6) is -1.37. The number of halogens is 2. The molecule has 1 saturated carbocycles. The van der Waals surface area contributed by atoms with Gasteiger partial charge in [0, 0.05) is 5.56 Å². The average molecular weight is 274 g/mol. The second-order valence-electron chi connectivity index (χ2n) is 5.34. The van der Waals surface area contributed by atoms with Crippen LogP contribution in [0.15, 0.2) is 42.5 Å². The number of benzene rings is 2. The van der Waals surface area contributed by atoms with Gasteiger partial charge in [-0.05, 0) is 36.0 Å². The van der Waals surface area contributed by atoms with Crippen LogP contribution in [0.25, 0.3) is 0 Å². The van der Waals surface area contributed by atoms with E-state index in [1.807, 2.05) is 18.2 Å². The van der Waals surface area contributed by atoms with E-state index in [0.717, 1.165) is 18.9 Å². The second kappa shape index (κ2) is 5.33. The molecule has 0 aromatic heterocycles. The number of aliphatic hydroxyl groups excluding tert-OH is 1. The van der Waals surface area contributed by atoms with Crippen molar-refractivity contribution in [2.75, 3.05) is 0 Å². The Kier molecular flexibility index (Phi) is 3.53. The highest BCUT2D eigenvalue weighted by Crippen LogP contribution is 2.37. The molecule has 1 aliphatic carbocycles. The van der Waals surface area contributed by atoms with Gasteiger partial charge in [-0.1, -0.05) is 42.8 Å². The van der Waals surface area contributed by atoms with Crippen molar-refractivity contribution in [2.24, 2.45) is 0 Å². The van der Waals surface area contributed by atoms with E-state index in [2.05, 4.69) is 0 Å². The van der Waals surface area contributed by atoms with Crippen molar-refractivity contribution in [2.45, 2.75) is 31.3 Å². The molecule has 3 heteroatoms. The van der Waals surface area contributed by atoms with Crippen molar-refractivity contribution >= 4 is 0 Å². The molecule has 1 N–H and O–H groups in total. The van der Waals surface area contributed by atoms with E-state index < -0.39 is 17.7 Å². The average Bonchev–Trinajstić information content (AvgIpc) is 2.40. The quantitative estimate of drug-likeness (QED) is 0.884. The summed E-state index contributed by atoms with van der Waals surface area (Å²) in [5, 5.41) is 10.3. The van der Waals surface area contributed by atoms with Gasteiger partial charge in [0.05, 0.1) is 0 Å². The Morgan fingerprint density at radius 1 is 1.05 bits per heavy atom. The predicted molar refractivity (Wildman–Crippen MR) is 73.5 cm³/mol. The van der Waals surface area contributed by atoms with Crippen LogP contribution in [-0.2, 0) is 0 Å². The van der Waals surface area contributed by atoms with Crippen LogP contribution >= 0.6 is 0 Å². The summed E-state index contributed by atoms with van der Waals surface area (Å²) >= 11 is 0. The smallest absolute Gasteiger partial charge is 0.164 e. The highest BCUT2D eigenvalue weighted by molar-refractivity contribution is 5.35. The first-order chi connectivity index (χ1) is 9.66. The van der Waals surface area contributed by atoms with E-state index in [4.69, 9.17) is 0 Å². The summed E-state index contributed by atoms with van der Waals surface area (Å²) in [6.07, 6.45) is 2.42. The molecule has 3 rings (SSSR count). The van der Waals surface area contributed by atoms with Gasteiger partial charge in [-0.2, -0.15) is 0 Å². The second-order valence-corrected chi connectivity index (χ2v) is 5.34. The molecular weight excluding hydrogens is 258 g/mol. The lowest BCUT2D eigenvalue weighted by Crippen LogP contribution is -2.10. The molecule has 0 bridgehead atoms. The van der Waals surface area contributed by atoms with Crippen LogP contribution in [0.5, 0.6) is 0 Å². The topological polar surface area (TPSA) is 20.2 Å². The van der Waals surface area contributed by atoms with Gasteiger partial charge in [-0.15, -0.1) is 0 Å². The number of aliphatic hydroxyl groups is 1. The van der Waals surface area contributed by atoms with Gasteiger partial charge < -0.3 is 5.11 Å². The number of hydrogen-bond donors (Lipinski definition) is 1. The zero-order valence-corrected chi connectivity index (χ0v) is 11.0. The maximum Gasteiger partial charge on any atom is 0.164 e. The van der Waals surface area contributed by atoms with Crippen molar-refractivity contribution in [3.8, 4) is 0 Å². The van der Waals surface area contributed by atoms with Gasteiger partial charge >= 0.3 is 0 Å². The molecule has 1 fully saturated rings. The SMILES string of the molecule is OC(c1cccc(C2CCC2)c1)c1cccc(F)c1F. The lowest BCUT2D eigenvalue weighted by atomic mass is 9.79. The van der Waals surface area contributed by atoms with Crippen molar-refractivity contribution in [3.05, 3.63) is 70.8 Å². The molecule has 20 heavy (non-hydrogen) atoms. The van der Waals surface area contributed by atoms with Crippen LogP contribution in [-0.4, -0.2) is 5.11 Å². The fourth-order valence-corrected chi connectivity index (χ4v) is 2.64. The summed E-state index contributed by atoms with van der Waals surface area (Å²) in [5.41, 5.74) is 1.76. The molecule has 2 aromatic carbocycles. The third-order valence-corrected chi connectivity index (χ3v) is 4.08. The van der Waals surface area contributed by atoms with Crippen LogP contribution in [0.4, 0.5) is 8.78 Å². The third kappa shape index (κ3) is 2.34. The summed E-state index contributed by atoms with van der Waals surface area (Å²) in [4.78, 5) is 0. The van der Waals surface area contributed by atoms with E-state index in [-0.39, 0.29) is 5.56 Å². The van der Waals surface area contributed by atoms with E-state index in [1.165, 1.54) is 24.1 Å². The van der Waals surface area contributed by atoms with Gasteiger partial charge in [-0.25, -0.2) is 8.78 Å². The minimum Gasteiger partial charge on any atom is -0.384 e. The zero-order valence-electron chi connectivity index (χ0n) is 11.0. The fraction of sp³-hybridized carbons (Fsp3) is 0.294. The zero-order chi connectivity index (χ0) is 14.1. The first kappa shape index (κ1) is 13.3. The number of hydrogen-bond acceptors (Lipinski definition) is 1. The first-order valence-electron chi connectivity index (χ1n) is 6.88. The van der Waals surface area contributed by atoms with E-state index in [9.17, 15) is 13.9 Å². The van der Waals surface area contributed by atoms with Crippen molar-refractivity contribution in [3.63, 3.8) is 0 Å². The molecule has 1 atom stereocenters. The Hall–Kier alpha value is -1.74. The molecule has 0 aliphatic heterocycles. The summed E-state index contributed by atoms with van der Waals surface area (Å²) < 4.78 is 27.0. The summed E-state index contributed by atoms with van der Waals surface area (Å²) in [7, 11) is 0. The molecule has 0 saturated heterocycles. The molecule has 1 nitrogen and oxygen atoms in total. The third-order valence-electron chi connectivity index (χ3n) is 4.08. The predicted octanol–water partition coefficient (Wildman–Crippen LogP) is 4.31. The molecule has 1 unspecified atom stereocenters. The summed E-state index contributed by atoms with van der Waals surface area (Å²) in [6.45, 7) is 0. The minimum atomic E-state index is -1.13. The van der Waals surface area contributed by atoms with E-state index in [0.29, 0.717) is 11.5 Å². The van der Waals surface area contributed by atoms with Gasteiger partial charge in [-0.3, -0.25) is 0 Å². The molecular formula is C17H16F2O. The Balaban J connectivity index is 1.93. The highest BCUT2D eigenvalue weighted by atomic mass is 19.2. The van der Waals surface area contributed by atoms with E-state index in [1.54, 1.807) is 6.07 Å². The van der Waals surface area contributed by atoms with Crippen molar-refractivity contribution in [1.82, 2.24) is 0 Å². The Labute approximate surface area is 116 Å². The molecule has 1 aliphatic rings.